The Morgan fingerprint density at radius 2 is 0.705 bits per heavy atom. The van der Waals surface area contributed by atoms with Crippen LogP contribution in [0.2, 0.25) is 0 Å². The van der Waals surface area contributed by atoms with Crippen molar-refractivity contribution in [2.24, 2.45) is 33.0 Å². The van der Waals surface area contributed by atoms with Crippen molar-refractivity contribution in [1.29, 1.82) is 0 Å². The Labute approximate surface area is 267 Å². The molecule has 0 aromatic carbocycles. The molecule has 3 aromatic heterocycles. The van der Waals surface area contributed by atoms with Gasteiger partial charge in [0.2, 0.25) is 0 Å². The third-order valence-electron chi connectivity index (χ3n) is 11.3. The van der Waals surface area contributed by atoms with Crippen LogP contribution in [0.25, 0.3) is 24.3 Å². The third kappa shape index (κ3) is 4.70. The first-order chi connectivity index (χ1) is 21.2. The van der Waals surface area contributed by atoms with Gasteiger partial charge in [-0.3, -0.25) is 0 Å². The minimum atomic E-state index is 0.514. The quantitative estimate of drug-likeness (QED) is 0.265. The molecule has 2 unspecified atom stereocenters. The van der Waals surface area contributed by atoms with Crippen LogP contribution in [0.4, 0.5) is 0 Å². The van der Waals surface area contributed by atoms with Crippen molar-refractivity contribution in [3.8, 4) is 0 Å². The molecule has 5 rings (SSSR count). The lowest BCUT2D eigenvalue weighted by Gasteiger charge is -2.19. The Morgan fingerprint density at radius 1 is 0.409 bits per heavy atom. The lowest BCUT2D eigenvalue weighted by Crippen LogP contribution is -2.26. The van der Waals surface area contributed by atoms with Crippen molar-refractivity contribution in [3.05, 3.63) is 78.2 Å². The highest BCUT2D eigenvalue weighted by Gasteiger charge is 2.38. The molecule has 0 aliphatic carbocycles. The summed E-state index contributed by atoms with van der Waals surface area (Å²) in [6.07, 6.45) is 18.7. The van der Waals surface area contributed by atoms with Crippen molar-refractivity contribution in [3.63, 3.8) is 0 Å². The van der Waals surface area contributed by atoms with Gasteiger partial charge in [-0.1, -0.05) is 55.4 Å². The number of aromatic nitrogens is 3. The molecule has 0 saturated carbocycles. The zero-order chi connectivity index (χ0) is 32.0. The van der Waals surface area contributed by atoms with E-state index in [2.05, 4.69) is 126 Å². The van der Waals surface area contributed by atoms with Gasteiger partial charge in [0, 0.05) is 84.9 Å². The summed E-state index contributed by atoms with van der Waals surface area (Å²) in [7, 11) is 9.23. The zero-order valence-electron chi connectivity index (χ0n) is 29.9. The molecule has 0 N–H and O–H groups in total. The molecule has 44 heavy (non-hydrogen) atoms. The van der Waals surface area contributed by atoms with Crippen LogP contribution in [0.15, 0.2) is 11.4 Å². The summed E-state index contributed by atoms with van der Waals surface area (Å²) < 4.78 is 7.51. The minimum absolute atomic E-state index is 0.514. The SMILES string of the molecule is CCc1c(CC)c2n(C)c1/C=C1/C(CC)C(CC)/C(=C/c3c(CC)c(CC)c(n3C)/C=c3/c(CC)c(CC)/c(n3C)=C/2)N1C. The molecule has 1 saturated heterocycles. The number of hydrogen-bond acceptors (Lipinski definition) is 1. The van der Waals surface area contributed by atoms with Crippen LogP contribution in [-0.4, -0.2) is 25.6 Å². The number of allylic oxidation sites excluding steroid dienone is 2. The van der Waals surface area contributed by atoms with Crippen LogP contribution in [0.3, 0.4) is 0 Å². The van der Waals surface area contributed by atoms with Crippen LogP contribution in [0.1, 0.15) is 124 Å². The van der Waals surface area contributed by atoms with Gasteiger partial charge in [-0.2, -0.15) is 0 Å². The average Bonchev–Trinajstić information content (AvgIpc) is 3.64. The smallest absolute Gasteiger partial charge is 0.0465 e. The number of nitrogens with zero attached hydrogens (tertiary/aromatic N) is 4. The van der Waals surface area contributed by atoms with E-state index in [-0.39, 0.29) is 0 Å². The van der Waals surface area contributed by atoms with Gasteiger partial charge in [0.25, 0.3) is 0 Å². The summed E-state index contributed by atoms with van der Waals surface area (Å²) in [5.41, 5.74) is 17.5. The van der Waals surface area contributed by atoms with Gasteiger partial charge in [-0.15, -0.1) is 0 Å². The molecule has 0 amide bonds. The standard InChI is InChI=1S/C40H58N4/c1-13-25-26(14-2)34-22-36-29(17-5)30(18-6)38(43(36)11)24-40-32(20-8)31(19-7)39(44(40)12)23-37-28(16-4)27(15-3)35(42(37)10)21-33(25)41(34)9/h21-26H,13-20H2,1-12H3/b33-21-,34-22-,39-23-,40-24-. The number of rotatable bonds is 8. The zero-order valence-corrected chi connectivity index (χ0v) is 29.9. The molecule has 2 aliphatic rings. The van der Waals surface area contributed by atoms with E-state index in [9.17, 15) is 0 Å². The van der Waals surface area contributed by atoms with Crippen molar-refractivity contribution in [2.75, 3.05) is 7.05 Å². The minimum Gasteiger partial charge on any atom is -0.351 e. The molecule has 0 spiro atoms. The topological polar surface area (TPSA) is 18.0 Å². The lowest BCUT2D eigenvalue weighted by molar-refractivity contribution is 0.452. The fourth-order valence-corrected chi connectivity index (χ4v) is 9.00. The van der Waals surface area contributed by atoms with E-state index >= 15 is 0 Å². The Hall–Kier alpha value is -3.14. The molecule has 3 aromatic rings. The summed E-state index contributed by atoms with van der Waals surface area (Å²) in [5.74, 6) is 1.03. The predicted molar refractivity (Wildman–Crippen MR) is 190 cm³/mol. The molecular formula is C40H58N4. The molecule has 5 heterocycles. The highest BCUT2D eigenvalue weighted by atomic mass is 15.2. The molecule has 4 heteroatoms. The van der Waals surface area contributed by atoms with Gasteiger partial charge in [0.05, 0.1) is 0 Å². The Balaban J connectivity index is 2.05. The maximum Gasteiger partial charge on any atom is 0.0465 e. The van der Waals surface area contributed by atoms with E-state index in [1.54, 1.807) is 0 Å². The van der Waals surface area contributed by atoms with Gasteiger partial charge in [0.15, 0.2) is 0 Å². The van der Waals surface area contributed by atoms with E-state index in [1.807, 2.05) is 0 Å². The number of fused-ring (bicyclic) bond motifs is 8. The van der Waals surface area contributed by atoms with Crippen LogP contribution in [0.5, 0.6) is 0 Å². The van der Waals surface area contributed by atoms with Crippen LogP contribution in [0, 0.1) is 11.8 Å². The summed E-state index contributed by atoms with van der Waals surface area (Å²) in [4.78, 5) is 2.56. The highest BCUT2D eigenvalue weighted by Crippen LogP contribution is 2.46. The van der Waals surface area contributed by atoms with Gasteiger partial charge in [0.1, 0.15) is 0 Å². The predicted octanol–water partition coefficient (Wildman–Crippen LogP) is 7.43. The Kier molecular flexibility index (Phi) is 9.31. The fourth-order valence-electron chi connectivity index (χ4n) is 9.00. The fraction of sp³-hybridized carbons (Fsp3) is 0.550. The van der Waals surface area contributed by atoms with E-state index in [4.69, 9.17) is 0 Å². The van der Waals surface area contributed by atoms with Crippen molar-refractivity contribution >= 4 is 24.3 Å². The molecule has 0 radical (unpaired) electrons. The molecule has 1 fully saturated rings. The van der Waals surface area contributed by atoms with Crippen LogP contribution >= 0.6 is 0 Å². The molecule has 238 valence electrons. The second-order valence-electron chi connectivity index (χ2n) is 13.0. The molecule has 4 nitrogen and oxygen atoms in total. The van der Waals surface area contributed by atoms with E-state index in [0.717, 1.165) is 51.4 Å². The first kappa shape index (κ1) is 32.3. The lowest BCUT2D eigenvalue weighted by atomic mass is 9.86. The summed E-state index contributed by atoms with van der Waals surface area (Å²) >= 11 is 0. The van der Waals surface area contributed by atoms with E-state index < -0.39 is 0 Å². The van der Waals surface area contributed by atoms with Crippen molar-refractivity contribution in [2.45, 2.75) is 107 Å². The molecule has 2 atom stereocenters. The van der Waals surface area contributed by atoms with E-state index in [0.29, 0.717) is 11.8 Å². The Morgan fingerprint density at radius 3 is 0.977 bits per heavy atom. The highest BCUT2D eigenvalue weighted by molar-refractivity contribution is 5.69. The van der Waals surface area contributed by atoms with Crippen LogP contribution in [-0.2, 0) is 59.7 Å². The van der Waals surface area contributed by atoms with Crippen molar-refractivity contribution in [1.82, 2.24) is 18.6 Å². The Bertz CT molecular complexity index is 1620. The normalized spacial score (nSPS) is 21.9. The van der Waals surface area contributed by atoms with E-state index in [1.165, 1.54) is 78.2 Å². The number of hydrogen-bond donors (Lipinski definition) is 0. The first-order valence-corrected chi connectivity index (χ1v) is 17.6. The monoisotopic (exact) mass is 594 g/mol. The maximum absolute atomic E-state index is 2.57. The van der Waals surface area contributed by atoms with Gasteiger partial charge in [-0.05, 0) is 109 Å². The van der Waals surface area contributed by atoms with Crippen molar-refractivity contribution < 1.29 is 0 Å². The van der Waals surface area contributed by atoms with Gasteiger partial charge >= 0.3 is 0 Å². The summed E-state index contributed by atoms with van der Waals surface area (Å²) in [5, 5.41) is 2.72. The van der Waals surface area contributed by atoms with Crippen LogP contribution < -0.4 is 10.7 Å². The summed E-state index contributed by atoms with van der Waals surface area (Å²) in [6.45, 7) is 18.8. The maximum atomic E-state index is 2.57. The first-order valence-electron chi connectivity index (χ1n) is 17.6. The average molecular weight is 595 g/mol. The molecular weight excluding hydrogens is 536 g/mol. The molecule has 8 bridgehead atoms. The van der Waals surface area contributed by atoms with Gasteiger partial charge in [-0.25, -0.2) is 0 Å². The summed E-state index contributed by atoms with van der Waals surface area (Å²) in [6, 6.07) is 0. The molecule has 2 aliphatic heterocycles. The van der Waals surface area contributed by atoms with Gasteiger partial charge < -0.3 is 18.6 Å². The third-order valence-corrected chi connectivity index (χ3v) is 11.3. The largest absolute Gasteiger partial charge is 0.351 e. The second-order valence-corrected chi connectivity index (χ2v) is 13.0. The second kappa shape index (κ2) is 12.7.